The Balaban J connectivity index is 2.68. The van der Waals surface area contributed by atoms with Crippen LogP contribution in [0.1, 0.15) is 13.8 Å². The fourth-order valence-corrected chi connectivity index (χ4v) is 3.30. The van der Waals surface area contributed by atoms with Gasteiger partial charge in [-0.25, -0.2) is 13.1 Å². The summed E-state index contributed by atoms with van der Waals surface area (Å²) in [6, 6.07) is 4.56. The lowest BCUT2D eigenvalue weighted by Crippen LogP contribution is -2.34. The van der Waals surface area contributed by atoms with Gasteiger partial charge in [0, 0.05) is 17.6 Å². The second-order valence-electron chi connectivity index (χ2n) is 4.00. The summed E-state index contributed by atoms with van der Waals surface area (Å²) in [6.07, 6.45) is 0. The molecule has 0 fully saturated rings. The summed E-state index contributed by atoms with van der Waals surface area (Å²) in [5, 5.41) is 0.488. The first-order valence-electron chi connectivity index (χ1n) is 6.07. The molecular weight excluding hydrogens is 352 g/mol. The molecule has 0 aliphatic rings. The van der Waals surface area contributed by atoms with Gasteiger partial charge < -0.3 is 4.90 Å². The Morgan fingerprint density at radius 3 is 2.47 bits per heavy atom. The normalized spacial score (nSPS) is 12.1. The molecule has 0 saturated carbocycles. The van der Waals surface area contributed by atoms with Gasteiger partial charge in [-0.3, -0.25) is 0 Å². The highest BCUT2D eigenvalue weighted by atomic mass is 79.9. The highest BCUT2D eigenvalue weighted by Crippen LogP contribution is 2.25. The van der Waals surface area contributed by atoms with E-state index in [0.717, 1.165) is 13.1 Å². The molecule has 1 aromatic carbocycles. The Bertz CT molecular complexity index is 518. The number of rotatable bonds is 7. The Morgan fingerprint density at radius 2 is 1.95 bits per heavy atom. The second kappa shape index (κ2) is 7.59. The highest BCUT2D eigenvalue weighted by molar-refractivity contribution is 9.10. The van der Waals surface area contributed by atoms with Gasteiger partial charge in [-0.2, -0.15) is 0 Å². The fraction of sp³-hybridized carbons (Fsp3) is 0.500. The molecule has 0 aliphatic carbocycles. The van der Waals surface area contributed by atoms with Crippen LogP contribution < -0.4 is 4.72 Å². The van der Waals surface area contributed by atoms with E-state index >= 15 is 0 Å². The minimum atomic E-state index is -3.48. The van der Waals surface area contributed by atoms with Gasteiger partial charge in [0.05, 0.1) is 9.92 Å². The smallest absolute Gasteiger partial charge is 0.240 e. The molecule has 4 nitrogen and oxygen atoms in total. The van der Waals surface area contributed by atoms with Crippen molar-refractivity contribution < 1.29 is 8.42 Å². The van der Waals surface area contributed by atoms with Gasteiger partial charge in [0.1, 0.15) is 0 Å². The number of hydrogen-bond donors (Lipinski definition) is 1. The lowest BCUT2D eigenvalue weighted by atomic mass is 10.4. The minimum Gasteiger partial charge on any atom is -0.303 e. The number of likely N-dealkylation sites (N-methyl/N-ethyl adjacent to an activating group) is 1. The van der Waals surface area contributed by atoms with Gasteiger partial charge in [-0.05, 0) is 47.2 Å². The Morgan fingerprint density at radius 1 is 1.32 bits per heavy atom. The molecule has 0 heterocycles. The van der Waals surface area contributed by atoms with Gasteiger partial charge >= 0.3 is 0 Å². The summed E-state index contributed by atoms with van der Waals surface area (Å²) in [7, 11) is -3.48. The average molecular weight is 370 g/mol. The maximum atomic E-state index is 12.1. The fourth-order valence-electron chi connectivity index (χ4n) is 1.61. The van der Waals surface area contributed by atoms with Crippen molar-refractivity contribution in [2.24, 2.45) is 0 Å². The molecule has 0 spiro atoms. The van der Waals surface area contributed by atoms with Crippen LogP contribution in [0, 0.1) is 0 Å². The summed E-state index contributed by atoms with van der Waals surface area (Å²) < 4.78 is 27.3. The van der Waals surface area contributed by atoms with Crippen molar-refractivity contribution in [1.82, 2.24) is 9.62 Å². The van der Waals surface area contributed by atoms with Crippen molar-refractivity contribution in [3.05, 3.63) is 27.7 Å². The lowest BCUT2D eigenvalue weighted by molar-refractivity contribution is 0.309. The molecule has 0 bridgehead atoms. The number of sulfonamides is 1. The van der Waals surface area contributed by atoms with Crippen LogP contribution in [0.15, 0.2) is 27.6 Å². The third kappa shape index (κ3) is 5.04. The number of hydrogen-bond acceptors (Lipinski definition) is 3. The predicted octanol–water partition coefficient (Wildman–Crippen LogP) is 2.72. The van der Waals surface area contributed by atoms with E-state index in [-0.39, 0.29) is 4.90 Å². The monoisotopic (exact) mass is 368 g/mol. The Labute approximate surface area is 128 Å². The molecule has 0 amide bonds. The summed E-state index contributed by atoms with van der Waals surface area (Å²) in [5.41, 5.74) is 0. The van der Waals surface area contributed by atoms with E-state index in [4.69, 9.17) is 11.6 Å². The summed E-state index contributed by atoms with van der Waals surface area (Å²) in [6.45, 7) is 7.00. The topological polar surface area (TPSA) is 49.4 Å². The van der Waals surface area contributed by atoms with Crippen LogP contribution in [-0.2, 0) is 10.0 Å². The molecule has 0 atom stereocenters. The van der Waals surface area contributed by atoms with E-state index in [0.29, 0.717) is 22.6 Å². The van der Waals surface area contributed by atoms with Crippen LogP contribution in [0.25, 0.3) is 0 Å². The first-order valence-corrected chi connectivity index (χ1v) is 8.73. The zero-order valence-corrected chi connectivity index (χ0v) is 14.1. The zero-order valence-electron chi connectivity index (χ0n) is 11.0. The van der Waals surface area contributed by atoms with Crippen molar-refractivity contribution in [2.45, 2.75) is 18.7 Å². The molecule has 108 valence electrons. The SMILES string of the molecule is CCN(CC)CCNS(=O)(=O)c1ccc(Cl)c(Br)c1. The molecule has 0 radical (unpaired) electrons. The van der Waals surface area contributed by atoms with Crippen molar-refractivity contribution in [1.29, 1.82) is 0 Å². The first kappa shape index (κ1) is 16.9. The van der Waals surface area contributed by atoms with Crippen LogP contribution in [0.5, 0.6) is 0 Å². The molecule has 0 aliphatic heterocycles. The van der Waals surface area contributed by atoms with Crippen LogP contribution >= 0.6 is 27.5 Å². The average Bonchev–Trinajstić information content (AvgIpc) is 2.37. The van der Waals surface area contributed by atoms with Crippen molar-refractivity contribution >= 4 is 37.6 Å². The van der Waals surface area contributed by atoms with E-state index in [9.17, 15) is 8.42 Å². The highest BCUT2D eigenvalue weighted by Gasteiger charge is 2.15. The van der Waals surface area contributed by atoms with Gasteiger partial charge in [-0.1, -0.05) is 25.4 Å². The maximum absolute atomic E-state index is 12.1. The van der Waals surface area contributed by atoms with Crippen LogP contribution in [0.3, 0.4) is 0 Å². The van der Waals surface area contributed by atoms with E-state index in [1.54, 1.807) is 6.07 Å². The Hall–Kier alpha value is -0.140. The second-order valence-corrected chi connectivity index (χ2v) is 7.03. The summed E-state index contributed by atoms with van der Waals surface area (Å²) in [5.74, 6) is 0. The van der Waals surface area contributed by atoms with Crippen molar-refractivity contribution in [3.8, 4) is 0 Å². The predicted molar refractivity (Wildman–Crippen MR) is 82.1 cm³/mol. The third-order valence-corrected chi connectivity index (χ3v) is 5.49. The first-order chi connectivity index (χ1) is 8.90. The quantitative estimate of drug-likeness (QED) is 0.804. The minimum absolute atomic E-state index is 0.211. The molecule has 1 N–H and O–H groups in total. The molecule has 7 heteroatoms. The molecule has 0 aromatic heterocycles. The zero-order chi connectivity index (χ0) is 14.5. The lowest BCUT2D eigenvalue weighted by Gasteiger charge is -2.18. The largest absolute Gasteiger partial charge is 0.303 e. The number of benzene rings is 1. The van der Waals surface area contributed by atoms with Crippen molar-refractivity contribution in [2.75, 3.05) is 26.2 Å². The summed E-state index contributed by atoms with van der Waals surface area (Å²) >= 11 is 9.07. The van der Waals surface area contributed by atoms with Gasteiger partial charge in [0.2, 0.25) is 10.0 Å². The molecular formula is C12H18BrClN2O2S. The van der Waals surface area contributed by atoms with Gasteiger partial charge in [0.15, 0.2) is 0 Å². The van der Waals surface area contributed by atoms with E-state index in [1.807, 2.05) is 13.8 Å². The van der Waals surface area contributed by atoms with Gasteiger partial charge in [-0.15, -0.1) is 0 Å². The van der Waals surface area contributed by atoms with E-state index in [1.165, 1.54) is 12.1 Å². The van der Waals surface area contributed by atoms with E-state index < -0.39 is 10.0 Å². The third-order valence-electron chi connectivity index (χ3n) is 2.82. The maximum Gasteiger partial charge on any atom is 0.240 e. The van der Waals surface area contributed by atoms with E-state index in [2.05, 4.69) is 25.6 Å². The Kier molecular flexibility index (Phi) is 6.76. The number of nitrogens with one attached hydrogen (secondary N) is 1. The molecule has 1 rings (SSSR count). The van der Waals surface area contributed by atoms with Crippen LogP contribution in [0.4, 0.5) is 0 Å². The molecule has 1 aromatic rings. The molecule has 0 saturated heterocycles. The standard InChI is InChI=1S/C12H18BrClN2O2S/c1-3-16(4-2)8-7-15-19(17,18)10-5-6-12(14)11(13)9-10/h5-6,9,15H,3-4,7-8H2,1-2H3. The van der Waals surface area contributed by atoms with Crippen LogP contribution in [-0.4, -0.2) is 39.5 Å². The van der Waals surface area contributed by atoms with Gasteiger partial charge in [0.25, 0.3) is 0 Å². The molecule has 19 heavy (non-hydrogen) atoms. The number of halogens is 2. The van der Waals surface area contributed by atoms with Crippen molar-refractivity contribution in [3.63, 3.8) is 0 Å². The van der Waals surface area contributed by atoms with Crippen LogP contribution in [0.2, 0.25) is 5.02 Å². The number of nitrogens with zero attached hydrogens (tertiary/aromatic N) is 1. The molecule has 0 unspecified atom stereocenters. The summed E-state index contributed by atoms with van der Waals surface area (Å²) in [4.78, 5) is 2.36.